The van der Waals surface area contributed by atoms with Crippen LogP contribution in [-0.2, 0) is 17.8 Å². The van der Waals surface area contributed by atoms with Gasteiger partial charge in [-0.15, -0.1) is 5.10 Å². The molecule has 3 heterocycles. The van der Waals surface area contributed by atoms with E-state index < -0.39 is 12.9 Å². The van der Waals surface area contributed by atoms with Crippen LogP contribution < -0.4 is 10.4 Å². The summed E-state index contributed by atoms with van der Waals surface area (Å²) < 4.78 is 6.90. The fraction of sp³-hybridized carbons (Fsp3) is 0.450. The molecule has 0 bridgehead atoms. The fourth-order valence-corrected chi connectivity index (χ4v) is 4.08. The van der Waals surface area contributed by atoms with E-state index in [1.165, 1.54) is 17.8 Å². The molecule has 162 valence electrons. The summed E-state index contributed by atoms with van der Waals surface area (Å²) in [5.74, 6) is -0.636. The molecule has 10 nitrogen and oxygen atoms in total. The summed E-state index contributed by atoms with van der Waals surface area (Å²) in [4.78, 5) is 38.4. The van der Waals surface area contributed by atoms with Gasteiger partial charge in [0, 0.05) is 31.4 Å². The second-order valence-corrected chi connectivity index (χ2v) is 8.17. The Hall–Kier alpha value is -3.05. The largest absolute Gasteiger partial charge is 0.535 e. The zero-order valence-electron chi connectivity index (χ0n) is 17.2. The maximum absolute atomic E-state index is 12.6. The highest BCUT2D eigenvalue weighted by atomic mass is 16.5. The molecule has 2 aliphatic heterocycles. The predicted molar refractivity (Wildman–Crippen MR) is 111 cm³/mol. The van der Waals surface area contributed by atoms with Gasteiger partial charge in [-0.1, -0.05) is 17.3 Å². The molecule has 1 saturated heterocycles. The molecule has 11 heteroatoms. The number of fused-ring (bicyclic) bond motifs is 1. The van der Waals surface area contributed by atoms with Crippen LogP contribution in [0.15, 0.2) is 24.4 Å². The summed E-state index contributed by atoms with van der Waals surface area (Å²) in [6, 6.07) is 5.21. The molecule has 0 spiro atoms. The minimum atomic E-state index is -1.19. The van der Waals surface area contributed by atoms with Gasteiger partial charge in [-0.25, -0.2) is 4.68 Å². The summed E-state index contributed by atoms with van der Waals surface area (Å²) in [5, 5.41) is 18.1. The Balaban J connectivity index is 1.37. The van der Waals surface area contributed by atoms with E-state index in [4.69, 9.17) is 10.4 Å². The van der Waals surface area contributed by atoms with Crippen molar-refractivity contribution in [3.8, 4) is 5.75 Å². The second-order valence-electron chi connectivity index (χ2n) is 8.17. The Morgan fingerprint density at radius 2 is 2.16 bits per heavy atom. The van der Waals surface area contributed by atoms with Gasteiger partial charge in [0.25, 0.3) is 5.91 Å². The van der Waals surface area contributed by atoms with Gasteiger partial charge in [-0.05, 0) is 31.4 Å². The Labute approximate surface area is 179 Å². The number of carbonyl (C=O) groups excluding carboxylic acids is 3. The third-order valence-corrected chi connectivity index (χ3v) is 5.70. The molecule has 0 aliphatic carbocycles. The number of benzene rings is 1. The number of hydrogen-bond donors (Lipinski definition) is 2. The van der Waals surface area contributed by atoms with E-state index in [2.05, 4.69) is 10.3 Å². The summed E-state index contributed by atoms with van der Waals surface area (Å²) >= 11 is 0. The van der Waals surface area contributed by atoms with E-state index in [-0.39, 0.29) is 42.2 Å². The number of Topliss-reactive ketones (excluding diaryl/α,β-unsaturated/α-hetero) is 2. The molecular formula is C20H24BN5O5. The molecule has 3 N–H and O–H groups in total. The van der Waals surface area contributed by atoms with Gasteiger partial charge < -0.3 is 20.3 Å². The third-order valence-electron chi connectivity index (χ3n) is 5.70. The fourth-order valence-electron chi connectivity index (χ4n) is 4.08. The molecular weight excluding hydrogens is 401 g/mol. The monoisotopic (exact) mass is 425 g/mol. The van der Waals surface area contributed by atoms with Crippen molar-refractivity contribution < 1.29 is 24.1 Å². The number of ketones is 2. The lowest BCUT2D eigenvalue weighted by atomic mass is 9.64. The highest BCUT2D eigenvalue weighted by molar-refractivity contribution is 6.47. The first kappa shape index (κ1) is 21.2. The number of nitrogens with zero attached hydrogens (tertiary/aromatic N) is 4. The van der Waals surface area contributed by atoms with Crippen molar-refractivity contribution in [3.05, 3.63) is 41.2 Å². The maximum atomic E-state index is 12.6. The van der Waals surface area contributed by atoms with Crippen molar-refractivity contribution in [2.45, 2.75) is 44.6 Å². The van der Waals surface area contributed by atoms with Crippen LogP contribution in [0.3, 0.4) is 0 Å². The average molecular weight is 425 g/mol. The smallest absolute Gasteiger partial charge is 0.526 e. The summed E-state index contributed by atoms with van der Waals surface area (Å²) in [5.41, 5.74) is 7.21. The SMILES string of the molecule is CC(=O)c1cccc2c1OB(O)[C@@H](CC(=O)Cn1cc(C(=O)N3CC[C@@H](N)C3)nn1)C2. The van der Waals surface area contributed by atoms with Gasteiger partial charge >= 0.3 is 7.12 Å². The normalized spacial score (nSPS) is 20.4. The Kier molecular flexibility index (Phi) is 5.88. The van der Waals surface area contributed by atoms with Crippen molar-refractivity contribution >= 4 is 24.6 Å². The standard InChI is InChI=1S/C20H24BN5O5/c1-12(27)17-4-2-3-13-7-14(21(30)31-19(13)17)8-16(28)10-26-11-18(23-24-26)20(29)25-6-5-15(22)9-25/h2-4,11,14-15,30H,5-10,22H2,1H3/t14-,15-/m1/s1. The number of para-hydroxylation sites is 1. The predicted octanol–water partition coefficient (Wildman–Crippen LogP) is 0.0989. The zero-order valence-corrected chi connectivity index (χ0v) is 17.2. The van der Waals surface area contributed by atoms with E-state index in [1.54, 1.807) is 17.0 Å². The van der Waals surface area contributed by atoms with Crippen LogP contribution in [0.4, 0.5) is 0 Å². The first-order valence-corrected chi connectivity index (χ1v) is 10.3. The molecule has 4 rings (SSSR count). The van der Waals surface area contributed by atoms with Gasteiger partial charge in [0.1, 0.15) is 12.3 Å². The van der Waals surface area contributed by atoms with Gasteiger partial charge in [0.15, 0.2) is 17.3 Å². The van der Waals surface area contributed by atoms with Crippen LogP contribution in [0.2, 0.25) is 5.82 Å². The first-order chi connectivity index (χ1) is 14.8. The van der Waals surface area contributed by atoms with Crippen molar-refractivity contribution in [2.24, 2.45) is 5.73 Å². The van der Waals surface area contributed by atoms with E-state index in [0.717, 1.165) is 12.0 Å². The zero-order chi connectivity index (χ0) is 22.1. The lowest BCUT2D eigenvalue weighted by Gasteiger charge is -2.28. The van der Waals surface area contributed by atoms with Crippen molar-refractivity contribution in [3.63, 3.8) is 0 Å². The molecule has 1 aromatic heterocycles. The lowest BCUT2D eigenvalue weighted by Crippen LogP contribution is -2.36. The number of nitrogens with two attached hydrogens (primary N) is 1. The van der Waals surface area contributed by atoms with Crippen molar-refractivity contribution in [1.82, 2.24) is 19.9 Å². The van der Waals surface area contributed by atoms with Crippen LogP contribution >= 0.6 is 0 Å². The second kappa shape index (κ2) is 8.60. The quantitative estimate of drug-likeness (QED) is 0.491. The average Bonchev–Trinajstić information content (AvgIpc) is 3.36. The summed E-state index contributed by atoms with van der Waals surface area (Å²) in [7, 11) is -1.19. The number of likely N-dealkylation sites (tertiary alicyclic amines) is 1. The lowest BCUT2D eigenvalue weighted by molar-refractivity contribution is -0.120. The van der Waals surface area contributed by atoms with E-state index in [0.29, 0.717) is 30.8 Å². The molecule has 2 aromatic rings. The number of hydrogen-bond acceptors (Lipinski definition) is 8. The van der Waals surface area contributed by atoms with Crippen molar-refractivity contribution in [1.29, 1.82) is 0 Å². The Morgan fingerprint density at radius 1 is 1.35 bits per heavy atom. The molecule has 1 aromatic carbocycles. The number of amides is 1. The molecule has 0 unspecified atom stereocenters. The highest BCUT2D eigenvalue weighted by Crippen LogP contribution is 2.36. The summed E-state index contributed by atoms with van der Waals surface area (Å²) in [6.45, 7) is 2.44. The topological polar surface area (TPSA) is 141 Å². The van der Waals surface area contributed by atoms with E-state index in [9.17, 15) is 19.4 Å². The van der Waals surface area contributed by atoms with Crippen molar-refractivity contribution in [2.75, 3.05) is 13.1 Å². The van der Waals surface area contributed by atoms with Gasteiger partial charge in [-0.3, -0.25) is 14.4 Å². The van der Waals surface area contributed by atoms with E-state index >= 15 is 0 Å². The Bertz CT molecular complexity index is 1030. The van der Waals surface area contributed by atoms with Gasteiger partial charge in [-0.2, -0.15) is 0 Å². The highest BCUT2D eigenvalue weighted by Gasteiger charge is 2.37. The molecule has 0 saturated carbocycles. The molecule has 1 fully saturated rings. The number of carbonyl (C=O) groups is 3. The third kappa shape index (κ3) is 4.52. The maximum Gasteiger partial charge on any atom is 0.526 e. The van der Waals surface area contributed by atoms with Crippen LogP contribution in [-0.4, -0.2) is 68.6 Å². The van der Waals surface area contributed by atoms with Crippen LogP contribution in [0.5, 0.6) is 5.75 Å². The van der Waals surface area contributed by atoms with Crippen LogP contribution in [0.1, 0.15) is 46.2 Å². The first-order valence-electron chi connectivity index (χ1n) is 10.3. The van der Waals surface area contributed by atoms with Crippen LogP contribution in [0, 0.1) is 0 Å². The molecule has 2 atom stereocenters. The number of aromatic nitrogens is 3. The molecule has 0 radical (unpaired) electrons. The van der Waals surface area contributed by atoms with Crippen LogP contribution in [0.25, 0.3) is 0 Å². The minimum Gasteiger partial charge on any atom is -0.535 e. The van der Waals surface area contributed by atoms with Gasteiger partial charge in [0.05, 0.1) is 11.8 Å². The minimum absolute atomic E-state index is 0.0265. The summed E-state index contributed by atoms with van der Waals surface area (Å²) in [6.07, 6.45) is 2.68. The molecule has 31 heavy (non-hydrogen) atoms. The Morgan fingerprint density at radius 3 is 2.87 bits per heavy atom. The number of rotatable bonds is 6. The van der Waals surface area contributed by atoms with E-state index in [1.807, 2.05) is 6.07 Å². The molecule has 2 aliphatic rings. The van der Waals surface area contributed by atoms with Gasteiger partial charge in [0.2, 0.25) is 0 Å². The molecule has 1 amide bonds.